The van der Waals surface area contributed by atoms with E-state index in [-0.39, 0.29) is 0 Å². The highest BCUT2D eigenvalue weighted by molar-refractivity contribution is 5.59. The van der Waals surface area contributed by atoms with Crippen LogP contribution in [0.2, 0.25) is 0 Å². The Morgan fingerprint density at radius 2 is 1.92 bits per heavy atom. The summed E-state index contributed by atoms with van der Waals surface area (Å²) in [5, 5.41) is 5.18. The predicted molar refractivity (Wildman–Crippen MR) is 55.7 cm³/mol. The van der Waals surface area contributed by atoms with Gasteiger partial charge in [0.05, 0.1) is 0 Å². The van der Waals surface area contributed by atoms with Gasteiger partial charge in [-0.3, -0.25) is 4.79 Å². The zero-order chi connectivity index (χ0) is 9.94. The molecule has 0 saturated heterocycles. The van der Waals surface area contributed by atoms with Crippen molar-refractivity contribution in [2.24, 2.45) is 5.10 Å². The Hall–Kier alpha value is -0.860. The van der Waals surface area contributed by atoms with Gasteiger partial charge in [-0.2, -0.15) is 5.10 Å². The van der Waals surface area contributed by atoms with E-state index >= 15 is 0 Å². The molecule has 0 unspecified atom stereocenters. The van der Waals surface area contributed by atoms with Gasteiger partial charge in [-0.1, -0.05) is 32.6 Å². The molecule has 1 amide bonds. The second-order valence-corrected chi connectivity index (χ2v) is 3.18. The van der Waals surface area contributed by atoms with E-state index in [4.69, 9.17) is 0 Å². The monoisotopic (exact) mass is 184 g/mol. The van der Waals surface area contributed by atoms with Crippen LogP contribution in [-0.4, -0.2) is 24.7 Å². The third-order valence-corrected chi connectivity index (χ3v) is 1.85. The van der Waals surface area contributed by atoms with Gasteiger partial charge in [0.15, 0.2) is 0 Å². The Labute approximate surface area is 80.8 Å². The minimum absolute atomic E-state index is 0.702. The van der Waals surface area contributed by atoms with Gasteiger partial charge in [0, 0.05) is 13.3 Å². The van der Waals surface area contributed by atoms with Gasteiger partial charge < -0.3 is 0 Å². The standard InChI is InChI=1S/C10H20N2O/c1-3-4-5-6-7-8-9-11-12(2)10-13/h9-10H,3-8H2,1-2H3/b11-9+. The highest BCUT2D eigenvalue weighted by atomic mass is 16.1. The van der Waals surface area contributed by atoms with E-state index in [0.717, 1.165) is 6.42 Å². The van der Waals surface area contributed by atoms with E-state index in [1.807, 2.05) is 0 Å². The SMILES string of the molecule is CCCCCCC/C=N/N(C)C=O. The van der Waals surface area contributed by atoms with E-state index < -0.39 is 0 Å². The van der Waals surface area contributed by atoms with Crippen LogP contribution in [0.1, 0.15) is 45.4 Å². The molecular formula is C10H20N2O. The number of nitrogens with zero attached hydrogens (tertiary/aromatic N) is 2. The van der Waals surface area contributed by atoms with Gasteiger partial charge >= 0.3 is 0 Å². The lowest BCUT2D eigenvalue weighted by molar-refractivity contribution is -0.116. The molecule has 3 heteroatoms. The van der Waals surface area contributed by atoms with Gasteiger partial charge in [-0.05, 0) is 12.8 Å². The summed E-state index contributed by atoms with van der Waals surface area (Å²) in [5.41, 5.74) is 0. The molecule has 76 valence electrons. The van der Waals surface area contributed by atoms with Crippen LogP contribution in [0.15, 0.2) is 5.10 Å². The van der Waals surface area contributed by atoms with Crippen LogP contribution in [0, 0.1) is 0 Å². The Bertz CT molecular complexity index is 146. The summed E-state index contributed by atoms with van der Waals surface area (Å²) in [6.45, 7) is 2.21. The van der Waals surface area contributed by atoms with Crippen molar-refractivity contribution in [3.63, 3.8) is 0 Å². The van der Waals surface area contributed by atoms with Crippen molar-refractivity contribution in [3.05, 3.63) is 0 Å². The number of amides is 1. The average Bonchev–Trinajstić information content (AvgIpc) is 2.16. The summed E-state index contributed by atoms with van der Waals surface area (Å²) in [4.78, 5) is 10.1. The molecule has 0 fully saturated rings. The normalized spacial score (nSPS) is 10.6. The maximum Gasteiger partial charge on any atom is 0.229 e. The molecule has 0 bridgehead atoms. The molecule has 0 saturated carbocycles. The van der Waals surface area contributed by atoms with Gasteiger partial charge in [0.25, 0.3) is 0 Å². The van der Waals surface area contributed by atoms with Crippen molar-refractivity contribution in [1.82, 2.24) is 5.01 Å². The molecule has 0 atom stereocenters. The molecule has 0 aromatic carbocycles. The van der Waals surface area contributed by atoms with Crippen molar-refractivity contribution in [3.8, 4) is 0 Å². The molecule has 0 N–H and O–H groups in total. The lowest BCUT2D eigenvalue weighted by Gasteiger charge is -2.00. The highest BCUT2D eigenvalue weighted by Crippen LogP contribution is 2.03. The molecule has 0 aliphatic carbocycles. The third-order valence-electron chi connectivity index (χ3n) is 1.85. The maximum atomic E-state index is 10.1. The lowest BCUT2D eigenvalue weighted by atomic mass is 10.1. The quantitative estimate of drug-likeness (QED) is 0.247. The Morgan fingerprint density at radius 3 is 2.54 bits per heavy atom. The van der Waals surface area contributed by atoms with Crippen LogP contribution in [0.3, 0.4) is 0 Å². The number of carbonyl (C=O) groups excluding carboxylic acids is 1. The first-order chi connectivity index (χ1) is 6.31. The van der Waals surface area contributed by atoms with E-state index in [1.54, 1.807) is 13.3 Å². The van der Waals surface area contributed by atoms with Gasteiger partial charge in [-0.15, -0.1) is 0 Å². The van der Waals surface area contributed by atoms with Crippen LogP contribution in [0.4, 0.5) is 0 Å². The van der Waals surface area contributed by atoms with E-state index in [9.17, 15) is 4.79 Å². The van der Waals surface area contributed by atoms with Crippen LogP contribution in [-0.2, 0) is 4.79 Å². The van der Waals surface area contributed by atoms with Crippen molar-refractivity contribution in [2.75, 3.05) is 7.05 Å². The molecule has 0 rings (SSSR count). The van der Waals surface area contributed by atoms with E-state index in [0.29, 0.717) is 6.41 Å². The largest absolute Gasteiger partial charge is 0.277 e. The molecule has 0 spiro atoms. The van der Waals surface area contributed by atoms with Gasteiger partial charge in [0.1, 0.15) is 0 Å². The molecule has 0 aromatic heterocycles. The first-order valence-electron chi connectivity index (χ1n) is 5.01. The van der Waals surface area contributed by atoms with E-state index in [1.165, 1.54) is 37.1 Å². The summed E-state index contributed by atoms with van der Waals surface area (Å²) in [5.74, 6) is 0. The molecule has 13 heavy (non-hydrogen) atoms. The second-order valence-electron chi connectivity index (χ2n) is 3.18. The second kappa shape index (κ2) is 9.23. The summed E-state index contributed by atoms with van der Waals surface area (Å²) in [6.07, 6.45) is 9.85. The molecular weight excluding hydrogens is 164 g/mol. The fraction of sp³-hybridized carbons (Fsp3) is 0.800. The topological polar surface area (TPSA) is 32.7 Å². The fourth-order valence-corrected chi connectivity index (χ4v) is 1.05. The first kappa shape index (κ1) is 12.1. The van der Waals surface area contributed by atoms with Crippen LogP contribution < -0.4 is 0 Å². The molecule has 0 aliphatic heterocycles. The van der Waals surface area contributed by atoms with Crippen LogP contribution in [0.25, 0.3) is 0 Å². The van der Waals surface area contributed by atoms with Gasteiger partial charge in [0.2, 0.25) is 6.41 Å². The zero-order valence-electron chi connectivity index (χ0n) is 8.70. The maximum absolute atomic E-state index is 10.1. The third kappa shape index (κ3) is 9.05. The minimum Gasteiger partial charge on any atom is -0.277 e. The number of unbranched alkanes of at least 4 members (excludes halogenated alkanes) is 5. The first-order valence-corrected chi connectivity index (χ1v) is 5.01. The van der Waals surface area contributed by atoms with Gasteiger partial charge in [-0.25, -0.2) is 5.01 Å². The summed E-state index contributed by atoms with van der Waals surface area (Å²) >= 11 is 0. The number of hydrogen-bond donors (Lipinski definition) is 0. The number of rotatable bonds is 8. The zero-order valence-corrected chi connectivity index (χ0v) is 8.70. The summed E-state index contributed by atoms with van der Waals surface area (Å²) < 4.78 is 0. The molecule has 0 radical (unpaired) electrons. The van der Waals surface area contributed by atoms with Crippen LogP contribution in [0.5, 0.6) is 0 Å². The molecule has 3 nitrogen and oxygen atoms in total. The Kier molecular flexibility index (Phi) is 8.62. The van der Waals surface area contributed by atoms with E-state index in [2.05, 4.69) is 12.0 Å². The number of hydrogen-bond acceptors (Lipinski definition) is 2. The summed E-state index contributed by atoms with van der Waals surface area (Å²) in [7, 11) is 1.64. The fourth-order valence-electron chi connectivity index (χ4n) is 1.05. The highest BCUT2D eigenvalue weighted by Gasteiger charge is 1.87. The van der Waals surface area contributed by atoms with Crippen LogP contribution >= 0.6 is 0 Å². The predicted octanol–water partition coefficient (Wildman–Crippen LogP) is 2.42. The molecule has 0 heterocycles. The Balaban J connectivity index is 3.15. The van der Waals surface area contributed by atoms with Crippen molar-refractivity contribution in [1.29, 1.82) is 0 Å². The summed E-state index contributed by atoms with van der Waals surface area (Å²) in [6, 6.07) is 0. The molecule has 0 aliphatic rings. The number of hydrazone groups is 1. The smallest absolute Gasteiger partial charge is 0.229 e. The van der Waals surface area contributed by atoms with Crippen molar-refractivity contribution in [2.45, 2.75) is 45.4 Å². The van der Waals surface area contributed by atoms with Crippen molar-refractivity contribution >= 4 is 12.6 Å². The average molecular weight is 184 g/mol. The number of carbonyl (C=O) groups is 1. The lowest BCUT2D eigenvalue weighted by Crippen LogP contribution is -2.06. The minimum atomic E-state index is 0.702. The Morgan fingerprint density at radius 1 is 1.23 bits per heavy atom. The van der Waals surface area contributed by atoms with Crippen molar-refractivity contribution < 1.29 is 4.79 Å². The molecule has 0 aromatic rings.